The van der Waals surface area contributed by atoms with Crippen molar-refractivity contribution in [1.29, 1.82) is 0 Å². The van der Waals surface area contributed by atoms with Crippen LogP contribution < -0.4 is 10.4 Å². The number of anilines is 1. The largest absolute Gasteiger partial charge is 0.302 e. The van der Waals surface area contributed by atoms with Crippen molar-refractivity contribution in [1.82, 2.24) is 15.3 Å². The van der Waals surface area contributed by atoms with Gasteiger partial charge in [0.25, 0.3) is 0 Å². The quantitative estimate of drug-likeness (QED) is 0.182. The van der Waals surface area contributed by atoms with E-state index < -0.39 is 0 Å². The number of hydrogen-bond donors (Lipinski definition) is 1. The van der Waals surface area contributed by atoms with Gasteiger partial charge in [-0.1, -0.05) is 74.8 Å². The summed E-state index contributed by atoms with van der Waals surface area (Å²) in [6.07, 6.45) is 5.81. The van der Waals surface area contributed by atoms with E-state index in [1.807, 2.05) is 44.1 Å². The average molecular weight is 541 g/mol. The number of aliphatic imine (C=N–C) groups is 1. The van der Waals surface area contributed by atoms with Crippen LogP contribution in [0.2, 0.25) is 10.0 Å². The first-order valence-corrected chi connectivity index (χ1v) is 14.0. The Morgan fingerprint density at radius 1 is 1.22 bits per heavy atom. The molecule has 1 fully saturated rings. The Labute approximate surface area is 232 Å². The van der Waals surface area contributed by atoms with Gasteiger partial charge in [-0.3, -0.25) is 20.4 Å². The fraction of sp³-hybridized carbons (Fsp3) is 0.400. The molecule has 0 aliphatic carbocycles. The van der Waals surface area contributed by atoms with Crippen molar-refractivity contribution in [2.24, 2.45) is 10.9 Å². The SMILES string of the molecule is C=CN(NC(=NC)C1CCCN(CCc2ccc(Cl)cc2Cl)C1)c1cccc2ccc(CC)nc12.CC. The van der Waals surface area contributed by atoms with E-state index in [4.69, 9.17) is 28.2 Å². The van der Waals surface area contributed by atoms with Gasteiger partial charge in [-0.05, 0) is 62.1 Å². The van der Waals surface area contributed by atoms with E-state index in [2.05, 4.69) is 59.2 Å². The van der Waals surface area contributed by atoms with Crippen LogP contribution in [0.15, 0.2) is 66.3 Å². The van der Waals surface area contributed by atoms with Gasteiger partial charge in [0.2, 0.25) is 0 Å². The number of piperidine rings is 1. The summed E-state index contributed by atoms with van der Waals surface area (Å²) >= 11 is 12.4. The van der Waals surface area contributed by atoms with E-state index in [0.29, 0.717) is 10.9 Å². The van der Waals surface area contributed by atoms with E-state index in [1.165, 1.54) is 0 Å². The van der Waals surface area contributed by atoms with Crippen molar-refractivity contribution in [2.45, 2.75) is 46.5 Å². The van der Waals surface area contributed by atoms with E-state index in [-0.39, 0.29) is 0 Å². The number of para-hydroxylation sites is 1. The predicted octanol–water partition coefficient (Wildman–Crippen LogP) is 7.57. The minimum Gasteiger partial charge on any atom is -0.302 e. The standard InChI is InChI=1S/C28H33Cl2N5.C2H6/c1-4-24-14-12-21-8-6-10-26(27(21)32-24)35(5-2)33-28(31-3)22-9-7-16-34(19-22)17-15-20-11-13-23(29)18-25(20)30;1-2/h5-6,8,10-14,18,22H,2,4,7,9,15-17,19H2,1,3H3,(H,31,33);1-2H3. The molecule has 1 N–H and O–H groups in total. The molecule has 1 aliphatic heterocycles. The summed E-state index contributed by atoms with van der Waals surface area (Å²) in [6.45, 7) is 13.2. The third kappa shape index (κ3) is 7.47. The van der Waals surface area contributed by atoms with Crippen molar-refractivity contribution < 1.29 is 0 Å². The Bertz CT molecular complexity index is 1210. The molecule has 4 rings (SSSR count). The number of likely N-dealkylation sites (tertiary alicyclic amines) is 1. The molecular weight excluding hydrogens is 501 g/mol. The topological polar surface area (TPSA) is 43.8 Å². The van der Waals surface area contributed by atoms with E-state index >= 15 is 0 Å². The molecule has 0 spiro atoms. The van der Waals surface area contributed by atoms with Crippen LogP contribution in [0.5, 0.6) is 0 Å². The first-order valence-electron chi connectivity index (χ1n) is 13.2. The van der Waals surface area contributed by atoms with Gasteiger partial charge in [0.1, 0.15) is 5.84 Å². The van der Waals surface area contributed by atoms with Crippen molar-refractivity contribution in [3.05, 3.63) is 82.6 Å². The first-order chi connectivity index (χ1) is 18.0. The fourth-order valence-corrected chi connectivity index (χ4v) is 5.20. The highest BCUT2D eigenvalue weighted by Gasteiger charge is 2.25. The van der Waals surface area contributed by atoms with Crippen LogP contribution in [0.4, 0.5) is 5.69 Å². The number of amidine groups is 1. The molecule has 0 radical (unpaired) electrons. The lowest BCUT2D eigenvalue weighted by atomic mass is 9.96. The Morgan fingerprint density at radius 2 is 2.03 bits per heavy atom. The molecule has 0 amide bonds. The number of rotatable bonds is 8. The second kappa shape index (κ2) is 14.4. The summed E-state index contributed by atoms with van der Waals surface area (Å²) < 4.78 is 0. The van der Waals surface area contributed by atoms with Crippen molar-refractivity contribution >= 4 is 45.6 Å². The zero-order valence-corrected chi connectivity index (χ0v) is 24.0. The number of aromatic nitrogens is 1. The molecule has 5 nitrogen and oxygen atoms in total. The lowest BCUT2D eigenvalue weighted by Gasteiger charge is -2.35. The normalized spacial score (nSPS) is 16.2. The van der Waals surface area contributed by atoms with Crippen LogP contribution in [-0.4, -0.2) is 42.4 Å². The number of aryl methyl sites for hydroxylation is 1. The number of benzene rings is 2. The second-order valence-corrected chi connectivity index (χ2v) is 9.75. The van der Waals surface area contributed by atoms with Crippen LogP contribution in [0.3, 0.4) is 0 Å². The van der Waals surface area contributed by atoms with Crippen molar-refractivity contribution in [2.75, 3.05) is 31.7 Å². The van der Waals surface area contributed by atoms with E-state index in [1.54, 1.807) is 6.20 Å². The third-order valence-electron chi connectivity index (χ3n) is 6.64. The van der Waals surface area contributed by atoms with Gasteiger partial charge >= 0.3 is 0 Å². The lowest BCUT2D eigenvalue weighted by molar-refractivity contribution is 0.205. The maximum absolute atomic E-state index is 6.39. The molecule has 1 aromatic heterocycles. The molecule has 0 saturated carbocycles. The lowest BCUT2D eigenvalue weighted by Crippen LogP contribution is -2.48. The highest BCUT2D eigenvalue weighted by atomic mass is 35.5. The molecule has 1 atom stereocenters. The van der Waals surface area contributed by atoms with Gasteiger partial charge in [-0.25, -0.2) is 0 Å². The Hall–Kier alpha value is -2.60. The average Bonchev–Trinajstić information content (AvgIpc) is 2.94. The van der Waals surface area contributed by atoms with Gasteiger partial charge in [0.15, 0.2) is 0 Å². The van der Waals surface area contributed by atoms with Gasteiger partial charge in [-0.2, -0.15) is 0 Å². The van der Waals surface area contributed by atoms with Gasteiger partial charge in [0, 0.05) is 53.4 Å². The number of nitrogens with zero attached hydrogens (tertiary/aromatic N) is 4. The number of hydrazine groups is 1. The molecule has 2 aromatic carbocycles. The molecule has 3 aromatic rings. The number of pyridine rings is 1. The monoisotopic (exact) mass is 539 g/mol. The Morgan fingerprint density at radius 3 is 2.73 bits per heavy atom. The smallest absolute Gasteiger partial charge is 0.119 e. The van der Waals surface area contributed by atoms with Gasteiger partial charge < -0.3 is 4.90 Å². The Balaban J connectivity index is 0.00000186. The number of hydrogen-bond acceptors (Lipinski definition) is 4. The van der Waals surface area contributed by atoms with E-state index in [9.17, 15) is 0 Å². The van der Waals surface area contributed by atoms with Crippen LogP contribution in [-0.2, 0) is 12.8 Å². The summed E-state index contributed by atoms with van der Waals surface area (Å²) in [6, 6.07) is 16.2. The minimum atomic E-state index is 0.311. The maximum Gasteiger partial charge on any atom is 0.119 e. The minimum absolute atomic E-state index is 0.311. The van der Waals surface area contributed by atoms with Crippen molar-refractivity contribution in [3.8, 4) is 0 Å². The zero-order chi connectivity index (χ0) is 26.8. The summed E-state index contributed by atoms with van der Waals surface area (Å²) in [7, 11) is 1.85. The molecule has 7 heteroatoms. The van der Waals surface area contributed by atoms with Crippen molar-refractivity contribution in [3.63, 3.8) is 0 Å². The molecule has 198 valence electrons. The fourth-order valence-electron chi connectivity index (χ4n) is 4.70. The number of halogens is 2. The molecule has 37 heavy (non-hydrogen) atoms. The zero-order valence-electron chi connectivity index (χ0n) is 22.5. The number of nitrogens with one attached hydrogen (secondary N) is 1. The summed E-state index contributed by atoms with van der Waals surface area (Å²) in [4.78, 5) is 12.0. The van der Waals surface area contributed by atoms with E-state index in [0.717, 1.165) is 84.0 Å². The molecule has 2 heterocycles. The molecule has 1 saturated heterocycles. The van der Waals surface area contributed by atoms with Crippen LogP contribution >= 0.6 is 23.2 Å². The first kappa shape index (κ1) is 29.0. The summed E-state index contributed by atoms with van der Waals surface area (Å²) in [5, 5.41) is 4.46. The molecule has 1 unspecified atom stereocenters. The molecule has 0 bridgehead atoms. The van der Waals surface area contributed by atoms with Crippen LogP contribution in [0, 0.1) is 5.92 Å². The number of fused-ring (bicyclic) bond motifs is 1. The highest BCUT2D eigenvalue weighted by Crippen LogP contribution is 2.27. The Kier molecular flexibility index (Phi) is 11.2. The highest BCUT2D eigenvalue weighted by molar-refractivity contribution is 6.35. The summed E-state index contributed by atoms with van der Waals surface area (Å²) in [5.74, 6) is 1.27. The third-order valence-corrected chi connectivity index (χ3v) is 7.23. The maximum atomic E-state index is 6.39. The van der Waals surface area contributed by atoms with Crippen LogP contribution in [0.25, 0.3) is 10.9 Å². The molecular formula is C30H39Cl2N5. The second-order valence-electron chi connectivity index (χ2n) is 8.90. The van der Waals surface area contributed by atoms with Gasteiger partial charge in [-0.15, -0.1) is 0 Å². The predicted molar refractivity (Wildman–Crippen MR) is 161 cm³/mol. The summed E-state index contributed by atoms with van der Waals surface area (Å²) in [5.41, 5.74) is 7.68. The molecule has 1 aliphatic rings. The van der Waals surface area contributed by atoms with Crippen LogP contribution in [0.1, 0.15) is 44.9 Å². The van der Waals surface area contributed by atoms with Gasteiger partial charge in [0.05, 0.1) is 11.2 Å².